The minimum absolute atomic E-state index is 0.0574. The average molecular weight is 429 g/mol. The summed E-state index contributed by atoms with van der Waals surface area (Å²) in [5.74, 6) is 0. The van der Waals surface area contributed by atoms with Crippen LogP contribution in [0.4, 0.5) is 0 Å². The molecule has 152 valence electrons. The third kappa shape index (κ3) is 4.76. The molecule has 0 aliphatic carbocycles. The minimum atomic E-state index is -4.32. The summed E-state index contributed by atoms with van der Waals surface area (Å²) in [6.45, 7) is 0.370. The molecule has 2 heterocycles. The Morgan fingerprint density at radius 2 is 1.39 bits per heavy atom. The van der Waals surface area contributed by atoms with Gasteiger partial charge in [-0.15, -0.1) is 0 Å². The number of benzene rings is 2. The van der Waals surface area contributed by atoms with Gasteiger partial charge in [0.15, 0.2) is 31.3 Å². The lowest BCUT2D eigenvalue weighted by molar-refractivity contribution is -0.688. The monoisotopic (exact) mass is 429 g/mol. The number of nitriles is 1. The topological polar surface area (TPSA) is 89.1 Å². The van der Waals surface area contributed by atoms with Crippen molar-refractivity contribution in [2.45, 2.75) is 6.54 Å². The zero-order valence-corrected chi connectivity index (χ0v) is 17.4. The van der Waals surface area contributed by atoms with E-state index in [9.17, 15) is 14.4 Å². The first-order valence-electron chi connectivity index (χ1n) is 9.59. The molecule has 0 spiro atoms. The number of rotatable bonds is 5. The Bertz CT molecular complexity index is 1290. The van der Waals surface area contributed by atoms with E-state index in [4.69, 9.17) is 5.26 Å². The van der Waals surface area contributed by atoms with Gasteiger partial charge in [0.25, 0.3) is 0 Å². The van der Waals surface area contributed by atoms with E-state index < -0.39 is 7.60 Å². The van der Waals surface area contributed by atoms with Crippen LogP contribution in [0.3, 0.4) is 0 Å². The summed E-state index contributed by atoms with van der Waals surface area (Å²) in [6.07, 6.45) is 7.73. The molecule has 0 saturated heterocycles. The van der Waals surface area contributed by atoms with Gasteiger partial charge >= 0.3 is 7.60 Å². The Morgan fingerprint density at radius 3 is 1.97 bits per heavy atom. The highest BCUT2D eigenvalue weighted by Gasteiger charge is 2.22. The fourth-order valence-corrected chi connectivity index (χ4v) is 4.18. The molecule has 0 fully saturated rings. The van der Waals surface area contributed by atoms with Crippen LogP contribution in [0, 0.1) is 11.3 Å². The number of hydrogen-bond donors (Lipinski definition) is 2. The van der Waals surface area contributed by atoms with Crippen molar-refractivity contribution in [1.82, 2.24) is 0 Å². The quantitative estimate of drug-likeness (QED) is 0.377. The Balaban J connectivity index is 1.52. The Kier molecular flexibility index (Phi) is 5.75. The van der Waals surface area contributed by atoms with Crippen molar-refractivity contribution in [1.29, 1.82) is 5.26 Å². The molecule has 0 radical (unpaired) electrons. The van der Waals surface area contributed by atoms with Crippen molar-refractivity contribution in [3.63, 3.8) is 0 Å². The first kappa shape index (κ1) is 20.6. The third-order valence-corrected chi connectivity index (χ3v) is 6.07. The molecule has 2 aromatic carbocycles. The van der Waals surface area contributed by atoms with Crippen molar-refractivity contribution in [3.05, 3.63) is 109 Å². The van der Waals surface area contributed by atoms with E-state index >= 15 is 0 Å². The molecule has 0 bridgehead atoms. The van der Waals surface area contributed by atoms with Crippen LogP contribution >= 0.6 is 7.60 Å². The zero-order chi connectivity index (χ0) is 21.8. The second-order valence-corrected chi connectivity index (χ2v) is 8.65. The van der Waals surface area contributed by atoms with Crippen LogP contribution in [0.25, 0.3) is 16.8 Å². The van der Waals surface area contributed by atoms with Crippen LogP contribution in [0.5, 0.6) is 0 Å². The molecule has 7 heteroatoms. The maximum Gasteiger partial charge on any atom is 0.356 e. The molecule has 0 unspecified atom stereocenters. The summed E-state index contributed by atoms with van der Waals surface area (Å²) in [4.78, 5) is 19.1. The summed E-state index contributed by atoms with van der Waals surface area (Å²) in [6, 6.07) is 24.1. The molecule has 0 saturated carbocycles. The van der Waals surface area contributed by atoms with Crippen LogP contribution in [0.2, 0.25) is 0 Å². The molecule has 2 aromatic heterocycles. The van der Waals surface area contributed by atoms with E-state index in [1.165, 1.54) is 6.07 Å². The zero-order valence-electron chi connectivity index (χ0n) is 16.5. The van der Waals surface area contributed by atoms with E-state index in [1.54, 1.807) is 30.3 Å². The number of pyridine rings is 2. The molecule has 0 aliphatic rings. The van der Waals surface area contributed by atoms with Crippen LogP contribution in [-0.2, 0) is 11.1 Å². The van der Waals surface area contributed by atoms with Crippen molar-refractivity contribution in [3.8, 4) is 22.9 Å². The van der Waals surface area contributed by atoms with Crippen LogP contribution in [0.1, 0.15) is 11.1 Å². The predicted octanol–water partition coefficient (Wildman–Crippen LogP) is 2.64. The lowest BCUT2D eigenvalue weighted by Gasteiger charge is -2.08. The van der Waals surface area contributed by atoms with Gasteiger partial charge in [0.05, 0.1) is 16.9 Å². The molecular weight excluding hydrogens is 409 g/mol. The molecule has 4 rings (SSSR count). The second kappa shape index (κ2) is 8.63. The van der Waals surface area contributed by atoms with E-state index in [2.05, 4.69) is 6.07 Å². The summed E-state index contributed by atoms with van der Waals surface area (Å²) < 4.78 is 15.6. The van der Waals surface area contributed by atoms with E-state index in [-0.39, 0.29) is 5.30 Å². The second-order valence-electron chi connectivity index (χ2n) is 7.08. The fourth-order valence-electron chi connectivity index (χ4n) is 3.38. The smallest absolute Gasteiger partial charge is 0.321 e. The molecule has 6 nitrogen and oxygen atoms in total. The molecule has 0 atom stereocenters. The molecular formula is C24H20N3O3P+2. The highest BCUT2D eigenvalue weighted by Crippen LogP contribution is 2.34. The van der Waals surface area contributed by atoms with Gasteiger partial charge in [-0.1, -0.05) is 18.2 Å². The van der Waals surface area contributed by atoms with Gasteiger partial charge in [-0.25, -0.2) is 4.57 Å². The molecule has 31 heavy (non-hydrogen) atoms. The molecule has 0 amide bonds. The lowest BCUT2D eigenvalue weighted by Crippen LogP contribution is -2.35. The van der Waals surface area contributed by atoms with Crippen molar-refractivity contribution < 1.29 is 23.5 Å². The van der Waals surface area contributed by atoms with Gasteiger partial charge in [0.2, 0.25) is 5.69 Å². The number of aromatic nitrogens is 2. The maximum atomic E-state index is 11.7. The molecule has 2 N–H and O–H groups in total. The lowest BCUT2D eigenvalue weighted by atomic mass is 10.1. The number of hydrogen-bond acceptors (Lipinski definition) is 2. The van der Waals surface area contributed by atoms with Gasteiger partial charge in [0, 0.05) is 42.0 Å². The molecule has 4 aromatic rings. The van der Waals surface area contributed by atoms with Gasteiger partial charge < -0.3 is 9.79 Å². The van der Waals surface area contributed by atoms with Crippen LogP contribution in [0.15, 0.2) is 97.6 Å². The largest absolute Gasteiger partial charge is 0.356 e. The third-order valence-electron chi connectivity index (χ3n) is 5.01. The standard InChI is InChI=1S/C24H18N3O3P/c25-17-19-5-7-23(8-6-19)27-15-11-21(12-16-27)20-9-13-26(14-10-20)18-22-3-1-2-4-24(22)31(28,29)30/h1-16H,18H2/p+2. The van der Waals surface area contributed by atoms with Crippen molar-refractivity contribution in [2.24, 2.45) is 0 Å². The minimum Gasteiger partial charge on any atom is -0.321 e. The molecule has 0 aliphatic heterocycles. The van der Waals surface area contributed by atoms with Crippen molar-refractivity contribution >= 4 is 12.9 Å². The summed E-state index contributed by atoms with van der Waals surface area (Å²) in [5.41, 5.74) is 4.28. The Hall–Kier alpha value is -3.62. The van der Waals surface area contributed by atoms with Crippen molar-refractivity contribution in [2.75, 3.05) is 0 Å². The highest BCUT2D eigenvalue weighted by molar-refractivity contribution is 7.60. The number of nitrogens with zero attached hydrogens (tertiary/aromatic N) is 3. The fraction of sp³-hybridized carbons (Fsp3) is 0.0417. The van der Waals surface area contributed by atoms with Gasteiger partial charge in [-0.3, -0.25) is 4.57 Å². The first-order chi connectivity index (χ1) is 14.9. The van der Waals surface area contributed by atoms with Gasteiger partial charge in [-0.05, 0) is 29.3 Å². The first-order valence-corrected chi connectivity index (χ1v) is 11.2. The Labute approximate surface area is 180 Å². The average Bonchev–Trinajstić information content (AvgIpc) is 2.79. The van der Waals surface area contributed by atoms with E-state index in [0.717, 1.165) is 16.8 Å². The predicted molar refractivity (Wildman–Crippen MR) is 116 cm³/mol. The van der Waals surface area contributed by atoms with E-state index in [0.29, 0.717) is 17.7 Å². The normalized spacial score (nSPS) is 11.1. The summed E-state index contributed by atoms with van der Waals surface area (Å²) >= 11 is 0. The van der Waals surface area contributed by atoms with Crippen LogP contribution < -0.4 is 14.4 Å². The van der Waals surface area contributed by atoms with Gasteiger partial charge in [-0.2, -0.15) is 9.83 Å². The van der Waals surface area contributed by atoms with E-state index in [1.807, 2.05) is 70.3 Å². The SMILES string of the molecule is N#Cc1ccc(-[n+]2ccc(-c3cc[n+](Cc4ccccc4P(=O)(O)O)cc3)cc2)cc1. The maximum absolute atomic E-state index is 11.7. The van der Waals surface area contributed by atoms with Gasteiger partial charge in [0.1, 0.15) is 0 Å². The Morgan fingerprint density at radius 1 is 0.806 bits per heavy atom. The summed E-state index contributed by atoms with van der Waals surface area (Å²) in [7, 11) is -4.32. The van der Waals surface area contributed by atoms with Crippen LogP contribution in [-0.4, -0.2) is 9.79 Å². The highest BCUT2D eigenvalue weighted by atomic mass is 31.2. The summed E-state index contributed by atoms with van der Waals surface area (Å²) in [5, 5.41) is 8.98.